The number of amides is 1. The van der Waals surface area contributed by atoms with Crippen LogP contribution in [0.4, 0.5) is 0 Å². The second kappa shape index (κ2) is 4.52. The van der Waals surface area contributed by atoms with Gasteiger partial charge in [0.1, 0.15) is 0 Å². The van der Waals surface area contributed by atoms with E-state index in [1.165, 1.54) is 24.2 Å². The number of fused-ring (bicyclic) bond motifs is 2. The zero-order chi connectivity index (χ0) is 13.6. The normalized spacial score (nSPS) is 37.2. The van der Waals surface area contributed by atoms with E-state index >= 15 is 0 Å². The molecule has 104 valence electrons. The molecule has 3 heteroatoms. The molecule has 0 aromatic rings. The predicted molar refractivity (Wildman–Crippen MR) is 73.5 cm³/mol. The van der Waals surface area contributed by atoms with E-state index in [-0.39, 0.29) is 5.91 Å². The molecule has 3 nitrogen and oxygen atoms in total. The van der Waals surface area contributed by atoms with Crippen molar-refractivity contribution in [2.24, 2.45) is 16.7 Å². The van der Waals surface area contributed by atoms with Crippen molar-refractivity contribution in [3.05, 3.63) is 0 Å². The van der Waals surface area contributed by atoms with Crippen LogP contribution in [0.2, 0.25) is 0 Å². The zero-order valence-corrected chi connectivity index (χ0v) is 12.6. The van der Waals surface area contributed by atoms with Crippen LogP contribution in [0.5, 0.6) is 0 Å². The van der Waals surface area contributed by atoms with Gasteiger partial charge in [-0.15, -0.1) is 0 Å². The number of rotatable bonds is 4. The summed E-state index contributed by atoms with van der Waals surface area (Å²) >= 11 is 0. The van der Waals surface area contributed by atoms with Gasteiger partial charge in [0.2, 0.25) is 5.91 Å². The van der Waals surface area contributed by atoms with E-state index in [9.17, 15) is 4.79 Å². The molecule has 1 amide bonds. The Morgan fingerprint density at radius 3 is 2.44 bits per heavy atom. The summed E-state index contributed by atoms with van der Waals surface area (Å²) in [5, 5.41) is 3.31. The molecule has 0 aliphatic heterocycles. The summed E-state index contributed by atoms with van der Waals surface area (Å²) in [5.74, 6) is 1.04. The Hall–Kier alpha value is -0.570. The van der Waals surface area contributed by atoms with Crippen molar-refractivity contribution in [1.29, 1.82) is 0 Å². The van der Waals surface area contributed by atoms with Gasteiger partial charge in [-0.2, -0.15) is 0 Å². The van der Waals surface area contributed by atoms with E-state index in [4.69, 9.17) is 0 Å². The first-order chi connectivity index (χ1) is 8.27. The molecular weight excluding hydrogens is 224 g/mol. The maximum Gasteiger partial charge on any atom is 0.225 e. The molecule has 2 N–H and O–H groups in total. The summed E-state index contributed by atoms with van der Waals surface area (Å²) in [5.41, 5.74) is 0.691. The van der Waals surface area contributed by atoms with E-state index in [1.54, 1.807) is 0 Å². The summed E-state index contributed by atoms with van der Waals surface area (Å²) < 4.78 is 0. The monoisotopic (exact) mass is 253 g/mol. The molecule has 0 aromatic carbocycles. The number of nitrogens with one attached hydrogen (secondary N) is 2. The Morgan fingerprint density at radius 2 is 2.00 bits per heavy atom. The molecular formula is C15H29N2O+. The first-order valence-electron chi connectivity index (χ1n) is 7.36. The van der Waals surface area contributed by atoms with Gasteiger partial charge in [0.05, 0.1) is 27.1 Å². The summed E-state index contributed by atoms with van der Waals surface area (Å²) in [6.07, 6.45) is 4.45. The van der Waals surface area contributed by atoms with Gasteiger partial charge in [0.15, 0.2) is 0 Å². The van der Waals surface area contributed by atoms with Crippen LogP contribution in [0.15, 0.2) is 0 Å². The van der Waals surface area contributed by atoms with E-state index < -0.39 is 0 Å². The van der Waals surface area contributed by atoms with Crippen molar-refractivity contribution in [3.63, 3.8) is 0 Å². The van der Waals surface area contributed by atoms with Crippen molar-refractivity contribution in [2.75, 3.05) is 20.6 Å². The van der Waals surface area contributed by atoms with Gasteiger partial charge in [-0.05, 0) is 36.0 Å². The molecule has 2 aliphatic rings. The van der Waals surface area contributed by atoms with Crippen LogP contribution in [0.1, 0.15) is 46.5 Å². The summed E-state index contributed by atoms with van der Waals surface area (Å²) in [6, 6.07) is 0.399. The zero-order valence-electron chi connectivity index (χ0n) is 12.6. The van der Waals surface area contributed by atoms with Crippen molar-refractivity contribution in [1.82, 2.24) is 5.32 Å². The fraction of sp³-hybridized carbons (Fsp3) is 0.933. The number of carbonyl (C=O) groups is 1. The molecule has 2 bridgehead atoms. The Kier molecular flexibility index (Phi) is 3.48. The van der Waals surface area contributed by atoms with Crippen LogP contribution in [0.3, 0.4) is 0 Å². The number of quaternary nitrogens is 1. The van der Waals surface area contributed by atoms with Crippen molar-refractivity contribution >= 4 is 5.91 Å². The third-order valence-corrected chi connectivity index (χ3v) is 5.98. The first-order valence-corrected chi connectivity index (χ1v) is 7.36. The van der Waals surface area contributed by atoms with Crippen LogP contribution < -0.4 is 10.2 Å². The minimum atomic E-state index is 0.241. The SMILES string of the molecule is C[NH+](C)CCC(=O)N[C@@H]1C[C@@H]2CC[C@@]1(C)C2(C)C. The van der Waals surface area contributed by atoms with Crippen LogP contribution in [0.25, 0.3) is 0 Å². The molecule has 0 radical (unpaired) electrons. The molecule has 2 fully saturated rings. The van der Waals surface area contributed by atoms with E-state index in [0.717, 1.165) is 12.5 Å². The number of carbonyl (C=O) groups excluding carboxylic acids is 1. The minimum Gasteiger partial charge on any atom is -0.353 e. The Balaban J connectivity index is 1.94. The van der Waals surface area contributed by atoms with Crippen LogP contribution >= 0.6 is 0 Å². The van der Waals surface area contributed by atoms with Gasteiger partial charge in [0.25, 0.3) is 0 Å². The van der Waals surface area contributed by atoms with Crippen molar-refractivity contribution in [2.45, 2.75) is 52.5 Å². The molecule has 0 heterocycles. The molecule has 3 atom stereocenters. The highest BCUT2D eigenvalue weighted by Gasteiger charge is 2.61. The molecule has 0 aromatic heterocycles. The van der Waals surface area contributed by atoms with Gasteiger partial charge in [-0.3, -0.25) is 4.79 Å². The lowest BCUT2D eigenvalue weighted by molar-refractivity contribution is -0.857. The summed E-state index contributed by atoms with van der Waals surface area (Å²) in [7, 11) is 4.18. The highest BCUT2D eigenvalue weighted by molar-refractivity contribution is 5.76. The Morgan fingerprint density at radius 1 is 1.33 bits per heavy atom. The van der Waals surface area contributed by atoms with Crippen LogP contribution in [0, 0.1) is 16.7 Å². The van der Waals surface area contributed by atoms with Gasteiger partial charge in [0, 0.05) is 6.04 Å². The fourth-order valence-corrected chi connectivity index (χ4v) is 4.05. The third-order valence-electron chi connectivity index (χ3n) is 5.98. The maximum atomic E-state index is 12.0. The quantitative estimate of drug-likeness (QED) is 0.765. The lowest BCUT2D eigenvalue weighted by Crippen LogP contribution is -3.05. The lowest BCUT2D eigenvalue weighted by atomic mass is 9.69. The molecule has 0 saturated heterocycles. The first kappa shape index (κ1) is 13.9. The summed E-state index contributed by atoms with van der Waals surface area (Å²) in [6.45, 7) is 8.08. The van der Waals surface area contributed by atoms with Crippen molar-refractivity contribution < 1.29 is 9.69 Å². The van der Waals surface area contributed by atoms with E-state index in [1.807, 2.05) is 0 Å². The average molecular weight is 253 g/mol. The predicted octanol–water partition coefficient (Wildman–Crippen LogP) is 0.852. The Bertz CT molecular complexity index is 337. The largest absolute Gasteiger partial charge is 0.353 e. The third kappa shape index (κ3) is 2.07. The topological polar surface area (TPSA) is 33.5 Å². The number of hydrogen-bond acceptors (Lipinski definition) is 1. The van der Waals surface area contributed by atoms with E-state index in [2.05, 4.69) is 40.2 Å². The molecule has 2 rings (SSSR count). The highest BCUT2D eigenvalue weighted by Crippen LogP contribution is 2.65. The van der Waals surface area contributed by atoms with Crippen LogP contribution in [-0.2, 0) is 4.79 Å². The van der Waals surface area contributed by atoms with Crippen LogP contribution in [-0.4, -0.2) is 32.6 Å². The van der Waals surface area contributed by atoms with Crippen molar-refractivity contribution in [3.8, 4) is 0 Å². The highest BCUT2D eigenvalue weighted by atomic mass is 16.1. The molecule has 0 unspecified atom stereocenters. The summed E-state index contributed by atoms with van der Waals surface area (Å²) in [4.78, 5) is 13.3. The molecule has 0 spiro atoms. The van der Waals surface area contributed by atoms with Gasteiger partial charge < -0.3 is 10.2 Å². The molecule has 18 heavy (non-hydrogen) atoms. The minimum absolute atomic E-state index is 0.241. The molecule has 2 aliphatic carbocycles. The second-order valence-corrected chi connectivity index (χ2v) is 7.44. The van der Waals surface area contributed by atoms with Gasteiger partial charge in [-0.25, -0.2) is 0 Å². The standard InChI is InChI=1S/C15H28N2O/c1-14(2)11-6-8-15(14,3)12(10-11)16-13(18)7-9-17(4)5/h11-12H,6-10H2,1-5H3,(H,16,18)/p+1/t11-,12+,15+/m0/s1. The molecule has 2 saturated carbocycles. The Labute approximate surface area is 111 Å². The van der Waals surface area contributed by atoms with E-state index in [0.29, 0.717) is 23.3 Å². The maximum absolute atomic E-state index is 12.0. The smallest absolute Gasteiger partial charge is 0.225 e. The number of hydrogen-bond donors (Lipinski definition) is 2. The second-order valence-electron chi connectivity index (χ2n) is 7.44. The average Bonchev–Trinajstić information content (AvgIpc) is 2.59. The van der Waals surface area contributed by atoms with Gasteiger partial charge in [-0.1, -0.05) is 20.8 Å². The van der Waals surface area contributed by atoms with Gasteiger partial charge >= 0.3 is 0 Å². The fourth-order valence-electron chi connectivity index (χ4n) is 4.05. The lowest BCUT2D eigenvalue weighted by Gasteiger charge is -2.39.